The van der Waals surface area contributed by atoms with E-state index in [2.05, 4.69) is 6.07 Å². The summed E-state index contributed by atoms with van der Waals surface area (Å²) in [5, 5.41) is 0.732. The maximum absolute atomic E-state index is 13.1. The summed E-state index contributed by atoms with van der Waals surface area (Å²) in [7, 11) is 0. The van der Waals surface area contributed by atoms with Crippen LogP contribution in [0.1, 0.15) is 41.6 Å². The number of amides is 3. The molecule has 1 aliphatic heterocycles. The minimum Gasteiger partial charge on any atom is -0.366 e. The van der Waals surface area contributed by atoms with Crippen molar-refractivity contribution in [1.82, 2.24) is 4.90 Å². The third-order valence-electron chi connectivity index (χ3n) is 6.69. The van der Waals surface area contributed by atoms with E-state index in [0.717, 1.165) is 36.4 Å². The number of benzene rings is 2. The Labute approximate surface area is 181 Å². The average molecular weight is 427 g/mol. The van der Waals surface area contributed by atoms with Gasteiger partial charge in [0.2, 0.25) is 5.91 Å². The molecule has 3 amide bonds. The highest BCUT2D eigenvalue weighted by Crippen LogP contribution is 2.41. The summed E-state index contributed by atoms with van der Waals surface area (Å²) in [5.74, 6) is -0.471. The van der Waals surface area contributed by atoms with Crippen molar-refractivity contribution >= 4 is 29.2 Å². The van der Waals surface area contributed by atoms with E-state index in [1.54, 1.807) is 29.2 Å². The predicted molar refractivity (Wildman–Crippen MR) is 119 cm³/mol. The number of hydrogen-bond acceptors (Lipinski definition) is 3. The zero-order valence-electron chi connectivity index (χ0n) is 16.9. The third kappa shape index (κ3) is 3.77. The third-order valence-corrected chi connectivity index (χ3v) is 6.92. The van der Waals surface area contributed by atoms with Gasteiger partial charge in [-0.15, -0.1) is 0 Å². The summed E-state index contributed by atoms with van der Waals surface area (Å²) in [5.41, 5.74) is 13.9. The first-order valence-corrected chi connectivity index (χ1v) is 10.8. The fraction of sp³-hybridized carbons (Fsp3) is 0.391. The van der Waals surface area contributed by atoms with Gasteiger partial charge in [0.05, 0.1) is 0 Å². The van der Waals surface area contributed by atoms with E-state index in [0.29, 0.717) is 25.2 Å². The van der Waals surface area contributed by atoms with Crippen LogP contribution in [0.15, 0.2) is 48.5 Å². The lowest BCUT2D eigenvalue weighted by molar-refractivity contribution is 0.100. The lowest BCUT2D eigenvalue weighted by atomic mass is 9.68. The molecule has 2 aromatic rings. The van der Waals surface area contributed by atoms with Gasteiger partial charge in [-0.05, 0) is 67.6 Å². The summed E-state index contributed by atoms with van der Waals surface area (Å²) in [4.78, 5) is 28.1. The van der Waals surface area contributed by atoms with Crippen molar-refractivity contribution in [3.05, 3.63) is 64.7 Å². The van der Waals surface area contributed by atoms with Gasteiger partial charge in [-0.2, -0.15) is 0 Å². The Morgan fingerprint density at radius 3 is 2.40 bits per heavy atom. The number of anilines is 1. The summed E-state index contributed by atoms with van der Waals surface area (Å²) < 4.78 is 0. The van der Waals surface area contributed by atoms with Crippen LogP contribution in [0.4, 0.5) is 10.5 Å². The van der Waals surface area contributed by atoms with Gasteiger partial charge >= 0.3 is 6.03 Å². The zero-order valence-corrected chi connectivity index (χ0v) is 17.6. The molecule has 1 aliphatic carbocycles. The molecule has 0 spiro atoms. The van der Waals surface area contributed by atoms with Gasteiger partial charge in [-0.1, -0.05) is 23.7 Å². The van der Waals surface area contributed by atoms with Crippen LogP contribution in [0, 0.1) is 0 Å². The van der Waals surface area contributed by atoms with Crippen molar-refractivity contribution < 1.29 is 9.59 Å². The molecular formula is C23H27ClN4O2. The smallest absolute Gasteiger partial charge is 0.324 e. The first-order chi connectivity index (χ1) is 14.4. The number of halogens is 1. The Kier molecular flexibility index (Phi) is 5.71. The van der Waals surface area contributed by atoms with E-state index in [4.69, 9.17) is 23.1 Å². The lowest BCUT2D eigenvalue weighted by Crippen LogP contribution is -2.46. The van der Waals surface area contributed by atoms with Crippen molar-refractivity contribution in [2.75, 3.05) is 24.5 Å². The number of rotatable bonds is 5. The summed E-state index contributed by atoms with van der Waals surface area (Å²) >= 11 is 6.21. The molecule has 1 saturated heterocycles. The van der Waals surface area contributed by atoms with E-state index in [-0.39, 0.29) is 17.5 Å². The van der Waals surface area contributed by atoms with Crippen molar-refractivity contribution in [3.63, 3.8) is 0 Å². The lowest BCUT2D eigenvalue weighted by Gasteiger charge is -2.42. The molecule has 4 N–H and O–H groups in total. The number of urea groups is 1. The molecular weight excluding hydrogens is 400 g/mol. The van der Waals surface area contributed by atoms with E-state index in [1.165, 1.54) is 5.56 Å². The van der Waals surface area contributed by atoms with Gasteiger partial charge in [0, 0.05) is 47.4 Å². The Morgan fingerprint density at radius 2 is 1.80 bits per heavy atom. The van der Waals surface area contributed by atoms with Crippen LogP contribution in [-0.4, -0.2) is 42.5 Å². The molecule has 2 aliphatic rings. The van der Waals surface area contributed by atoms with Crippen molar-refractivity contribution in [3.8, 4) is 0 Å². The predicted octanol–water partition coefficient (Wildman–Crippen LogP) is 3.52. The van der Waals surface area contributed by atoms with Crippen LogP contribution >= 0.6 is 11.6 Å². The SMILES string of the molecule is NC[C@]1(c2cccc(Cl)c2)CC[C@H](N2CCN(c3ccc(C(N)=O)cc3)C2=O)CC1. The van der Waals surface area contributed by atoms with Crippen LogP contribution in [0.2, 0.25) is 5.02 Å². The molecule has 30 heavy (non-hydrogen) atoms. The van der Waals surface area contributed by atoms with Crippen LogP contribution < -0.4 is 16.4 Å². The molecule has 7 heteroatoms. The molecule has 0 bridgehead atoms. The first-order valence-electron chi connectivity index (χ1n) is 10.4. The average Bonchev–Trinajstić information content (AvgIpc) is 3.15. The molecule has 2 aromatic carbocycles. The number of hydrogen-bond donors (Lipinski definition) is 2. The van der Waals surface area contributed by atoms with Gasteiger partial charge in [0.1, 0.15) is 0 Å². The Bertz CT molecular complexity index is 938. The highest BCUT2D eigenvalue weighted by Gasteiger charge is 2.41. The number of carbonyl (C=O) groups excluding carboxylic acids is 2. The van der Waals surface area contributed by atoms with Gasteiger partial charge < -0.3 is 16.4 Å². The molecule has 6 nitrogen and oxygen atoms in total. The zero-order chi connectivity index (χ0) is 21.3. The molecule has 1 saturated carbocycles. The quantitative estimate of drug-likeness (QED) is 0.766. The summed E-state index contributed by atoms with van der Waals surface area (Å²) in [6.07, 6.45) is 3.71. The Hall–Kier alpha value is -2.57. The second-order valence-corrected chi connectivity index (χ2v) is 8.70. The number of carbonyl (C=O) groups is 2. The normalized spacial score (nSPS) is 24.3. The fourth-order valence-corrected chi connectivity index (χ4v) is 5.02. The molecule has 0 aromatic heterocycles. The monoisotopic (exact) mass is 426 g/mol. The Morgan fingerprint density at radius 1 is 1.10 bits per heavy atom. The largest absolute Gasteiger partial charge is 0.366 e. The van der Waals surface area contributed by atoms with E-state index in [1.807, 2.05) is 23.1 Å². The van der Waals surface area contributed by atoms with E-state index >= 15 is 0 Å². The fourth-order valence-electron chi connectivity index (χ4n) is 4.83. The summed E-state index contributed by atoms with van der Waals surface area (Å²) in [6.45, 7) is 1.92. The van der Waals surface area contributed by atoms with Crippen LogP contribution in [0.25, 0.3) is 0 Å². The highest BCUT2D eigenvalue weighted by molar-refractivity contribution is 6.30. The molecule has 158 valence electrons. The molecule has 4 rings (SSSR count). The standard InChI is InChI=1S/C23H27ClN4O2/c24-18-3-1-2-17(14-18)23(15-25)10-8-20(9-11-23)28-13-12-27(22(28)30)19-6-4-16(5-7-19)21(26)29/h1-7,14,20H,8-13,15,25H2,(H2,26,29)/t20-,23-. The maximum Gasteiger partial charge on any atom is 0.324 e. The van der Waals surface area contributed by atoms with Crippen LogP contribution in [0.5, 0.6) is 0 Å². The van der Waals surface area contributed by atoms with Gasteiger partial charge in [0.15, 0.2) is 0 Å². The van der Waals surface area contributed by atoms with Gasteiger partial charge in [0.25, 0.3) is 0 Å². The Balaban J connectivity index is 1.44. The molecule has 0 radical (unpaired) electrons. The van der Waals surface area contributed by atoms with E-state index < -0.39 is 5.91 Å². The second kappa shape index (κ2) is 8.28. The highest BCUT2D eigenvalue weighted by atomic mass is 35.5. The van der Waals surface area contributed by atoms with Crippen molar-refractivity contribution in [1.29, 1.82) is 0 Å². The van der Waals surface area contributed by atoms with Crippen LogP contribution in [0.3, 0.4) is 0 Å². The second-order valence-electron chi connectivity index (χ2n) is 8.26. The van der Waals surface area contributed by atoms with Crippen LogP contribution in [-0.2, 0) is 5.41 Å². The summed E-state index contributed by atoms with van der Waals surface area (Å²) in [6, 6.07) is 15.1. The number of nitrogens with zero attached hydrogens (tertiary/aromatic N) is 2. The topological polar surface area (TPSA) is 92.7 Å². The molecule has 0 atom stereocenters. The minimum atomic E-state index is -0.471. The number of nitrogens with two attached hydrogens (primary N) is 2. The maximum atomic E-state index is 13.1. The van der Waals surface area contributed by atoms with E-state index in [9.17, 15) is 9.59 Å². The molecule has 1 heterocycles. The first kappa shape index (κ1) is 20.7. The molecule has 2 fully saturated rings. The minimum absolute atomic E-state index is 0.0230. The number of primary amides is 1. The molecule has 0 unspecified atom stereocenters. The van der Waals surface area contributed by atoms with Crippen molar-refractivity contribution in [2.24, 2.45) is 11.5 Å². The van der Waals surface area contributed by atoms with Gasteiger partial charge in [-0.25, -0.2) is 4.79 Å². The van der Waals surface area contributed by atoms with Crippen molar-refractivity contribution in [2.45, 2.75) is 37.1 Å². The van der Waals surface area contributed by atoms with Gasteiger partial charge in [-0.3, -0.25) is 9.69 Å².